The van der Waals surface area contributed by atoms with E-state index >= 15 is 0 Å². The molecule has 4 heteroatoms. The molecule has 1 fully saturated rings. The van der Waals surface area contributed by atoms with Gasteiger partial charge in [-0.3, -0.25) is 4.90 Å². The highest BCUT2D eigenvalue weighted by Crippen LogP contribution is 2.12. The molecule has 1 aliphatic rings. The van der Waals surface area contributed by atoms with Crippen LogP contribution in [0.4, 0.5) is 4.39 Å². The maximum Gasteiger partial charge on any atom is 0.124 e. The van der Waals surface area contributed by atoms with E-state index in [1.54, 1.807) is 6.07 Å². The van der Waals surface area contributed by atoms with E-state index in [9.17, 15) is 4.39 Å². The van der Waals surface area contributed by atoms with Crippen LogP contribution in [0.25, 0.3) is 0 Å². The maximum atomic E-state index is 13.6. The first kappa shape index (κ1) is 15.0. The van der Waals surface area contributed by atoms with Crippen molar-refractivity contribution in [1.29, 1.82) is 0 Å². The fourth-order valence-electron chi connectivity index (χ4n) is 2.47. The van der Waals surface area contributed by atoms with Crippen LogP contribution in [-0.4, -0.2) is 54.7 Å². The van der Waals surface area contributed by atoms with E-state index in [-0.39, 0.29) is 12.4 Å². The standard InChI is InChI=1S/C16H21FN2O/c1-18-5-3-6-19(8-7-18)13-15-10-14(4-2-9-20)11-16(17)12-15/h10-12,20H,3,5-9,13H2,1H3. The summed E-state index contributed by atoms with van der Waals surface area (Å²) in [6, 6.07) is 4.88. The van der Waals surface area contributed by atoms with Crippen molar-refractivity contribution in [3.63, 3.8) is 0 Å². The molecule has 0 radical (unpaired) electrons. The number of aliphatic hydroxyl groups excluding tert-OH is 1. The van der Waals surface area contributed by atoms with Crippen molar-refractivity contribution in [2.75, 3.05) is 39.8 Å². The van der Waals surface area contributed by atoms with Gasteiger partial charge >= 0.3 is 0 Å². The van der Waals surface area contributed by atoms with Gasteiger partial charge in [0.25, 0.3) is 0 Å². The number of hydrogen-bond acceptors (Lipinski definition) is 3. The van der Waals surface area contributed by atoms with Crippen molar-refractivity contribution in [2.24, 2.45) is 0 Å². The molecule has 108 valence electrons. The van der Waals surface area contributed by atoms with Gasteiger partial charge < -0.3 is 10.0 Å². The largest absolute Gasteiger partial charge is 0.384 e. The average molecular weight is 276 g/mol. The Morgan fingerprint density at radius 3 is 2.85 bits per heavy atom. The molecule has 1 aliphatic heterocycles. The zero-order chi connectivity index (χ0) is 14.4. The Bertz CT molecular complexity index is 507. The van der Waals surface area contributed by atoms with Crippen LogP contribution < -0.4 is 0 Å². The first-order valence-corrected chi connectivity index (χ1v) is 6.97. The molecule has 1 heterocycles. The summed E-state index contributed by atoms with van der Waals surface area (Å²) >= 11 is 0. The lowest BCUT2D eigenvalue weighted by Gasteiger charge is -2.20. The van der Waals surface area contributed by atoms with Crippen LogP contribution in [0.2, 0.25) is 0 Å². The summed E-state index contributed by atoms with van der Waals surface area (Å²) in [7, 11) is 2.13. The molecule has 1 aromatic carbocycles. The van der Waals surface area contributed by atoms with Crippen LogP contribution in [0.1, 0.15) is 17.5 Å². The van der Waals surface area contributed by atoms with Crippen molar-refractivity contribution < 1.29 is 9.50 Å². The van der Waals surface area contributed by atoms with Crippen LogP contribution >= 0.6 is 0 Å². The van der Waals surface area contributed by atoms with E-state index < -0.39 is 0 Å². The summed E-state index contributed by atoms with van der Waals surface area (Å²) in [4.78, 5) is 4.67. The van der Waals surface area contributed by atoms with E-state index in [1.165, 1.54) is 6.07 Å². The first-order valence-electron chi connectivity index (χ1n) is 6.97. The second kappa shape index (κ2) is 7.39. The van der Waals surface area contributed by atoms with Gasteiger partial charge in [0.05, 0.1) is 0 Å². The highest BCUT2D eigenvalue weighted by Gasteiger charge is 2.12. The molecular weight excluding hydrogens is 255 g/mol. The molecule has 0 atom stereocenters. The molecule has 0 amide bonds. The first-order chi connectivity index (χ1) is 9.67. The third kappa shape index (κ3) is 4.61. The Hall–Kier alpha value is -1.41. The Morgan fingerprint density at radius 2 is 2.05 bits per heavy atom. The molecule has 0 unspecified atom stereocenters. The van der Waals surface area contributed by atoms with Crippen LogP contribution in [-0.2, 0) is 6.54 Å². The number of aliphatic hydroxyl groups is 1. The monoisotopic (exact) mass is 276 g/mol. The van der Waals surface area contributed by atoms with Crippen LogP contribution in [0, 0.1) is 17.7 Å². The SMILES string of the molecule is CN1CCCN(Cc2cc(F)cc(C#CCO)c2)CC1. The molecule has 0 saturated carbocycles. The van der Waals surface area contributed by atoms with Crippen molar-refractivity contribution >= 4 is 0 Å². The Balaban J connectivity index is 2.06. The second-order valence-electron chi connectivity index (χ2n) is 5.24. The molecular formula is C16H21FN2O. The zero-order valence-corrected chi connectivity index (χ0v) is 11.9. The van der Waals surface area contributed by atoms with Crippen LogP contribution in [0.15, 0.2) is 18.2 Å². The third-order valence-corrected chi connectivity index (χ3v) is 3.49. The van der Waals surface area contributed by atoms with Gasteiger partial charge in [-0.15, -0.1) is 0 Å². The van der Waals surface area contributed by atoms with E-state index in [1.807, 2.05) is 6.07 Å². The number of rotatable bonds is 2. The van der Waals surface area contributed by atoms with E-state index in [4.69, 9.17) is 5.11 Å². The summed E-state index contributed by atoms with van der Waals surface area (Å²) in [6.45, 7) is 4.76. The third-order valence-electron chi connectivity index (χ3n) is 3.49. The van der Waals surface area contributed by atoms with Gasteiger partial charge in [0, 0.05) is 25.2 Å². The number of likely N-dealkylation sites (N-methyl/N-ethyl adjacent to an activating group) is 1. The fourth-order valence-corrected chi connectivity index (χ4v) is 2.47. The lowest BCUT2D eigenvalue weighted by atomic mass is 10.1. The highest BCUT2D eigenvalue weighted by molar-refractivity contribution is 5.37. The number of hydrogen-bond donors (Lipinski definition) is 1. The lowest BCUT2D eigenvalue weighted by molar-refractivity contribution is 0.269. The fraction of sp³-hybridized carbons (Fsp3) is 0.500. The molecule has 0 aromatic heterocycles. The molecule has 3 nitrogen and oxygen atoms in total. The number of benzene rings is 1. The number of halogens is 1. The minimum atomic E-state index is -0.267. The van der Waals surface area contributed by atoms with E-state index in [2.05, 4.69) is 28.7 Å². The highest BCUT2D eigenvalue weighted by atomic mass is 19.1. The molecule has 1 N–H and O–H groups in total. The maximum absolute atomic E-state index is 13.6. The van der Waals surface area contributed by atoms with E-state index in [0.717, 1.165) is 44.7 Å². The smallest absolute Gasteiger partial charge is 0.124 e. The van der Waals surface area contributed by atoms with Crippen LogP contribution in [0.3, 0.4) is 0 Å². The molecule has 0 aliphatic carbocycles. The molecule has 0 bridgehead atoms. The summed E-state index contributed by atoms with van der Waals surface area (Å²) < 4.78 is 13.6. The van der Waals surface area contributed by atoms with Crippen molar-refractivity contribution in [3.8, 4) is 11.8 Å². The van der Waals surface area contributed by atoms with Gasteiger partial charge in [0.1, 0.15) is 12.4 Å². The summed E-state index contributed by atoms with van der Waals surface area (Å²) in [5.41, 5.74) is 1.57. The van der Waals surface area contributed by atoms with Crippen LogP contribution in [0.5, 0.6) is 0 Å². The molecule has 1 aromatic rings. The predicted molar refractivity (Wildman–Crippen MR) is 77.8 cm³/mol. The van der Waals surface area contributed by atoms with Crippen molar-refractivity contribution in [3.05, 3.63) is 35.1 Å². The molecule has 20 heavy (non-hydrogen) atoms. The summed E-state index contributed by atoms with van der Waals surface area (Å²) in [5.74, 6) is 5.06. The van der Waals surface area contributed by atoms with Gasteiger partial charge in [-0.1, -0.05) is 11.8 Å². The molecule has 0 spiro atoms. The van der Waals surface area contributed by atoms with Gasteiger partial charge in [0.15, 0.2) is 0 Å². The summed E-state index contributed by atoms with van der Waals surface area (Å²) in [6.07, 6.45) is 1.14. The Labute approximate surface area is 120 Å². The predicted octanol–water partition coefficient (Wildman–Crippen LogP) is 1.31. The zero-order valence-electron chi connectivity index (χ0n) is 11.9. The van der Waals surface area contributed by atoms with Gasteiger partial charge in [-0.2, -0.15) is 0 Å². The number of nitrogens with zero attached hydrogens (tertiary/aromatic N) is 2. The van der Waals surface area contributed by atoms with E-state index in [0.29, 0.717) is 5.56 Å². The normalized spacial score (nSPS) is 17.4. The Kier molecular flexibility index (Phi) is 5.54. The van der Waals surface area contributed by atoms with Crippen molar-refractivity contribution in [2.45, 2.75) is 13.0 Å². The minimum absolute atomic E-state index is 0.204. The average Bonchev–Trinajstić information content (AvgIpc) is 2.61. The van der Waals surface area contributed by atoms with Gasteiger partial charge in [-0.25, -0.2) is 4.39 Å². The van der Waals surface area contributed by atoms with Gasteiger partial charge in [0.2, 0.25) is 0 Å². The molecule has 1 saturated heterocycles. The van der Waals surface area contributed by atoms with Gasteiger partial charge in [-0.05, 0) is 50.3 Å². The lowest BCUT2D eigenvalue weighted by Crippen LogP contribution is -2.28. The topological polar surface area (TPSA) is 26.7 Å². The summed E-state index contributed by atoms with van der Waals surface area (Å²) in [5, 5.41) is 8.70. The minimum Gasteiger partial charge on any atom is -0.384 e. The second-order valence-corrected chi connectivity index (χ2v) is 5.24. The quantitative estimate of drug-likeness (QED) is 0.825. The van der Waals surface area contributed by atoms with Crippen molar-refractivity contribution in [1.82, 2.24) is 9.80 Å². The Morgan fingerprint density at radius 1 is 1.20 bits per heavy atom. The molecule has 2 rings (SSSR count).